The number of nitrogens with one attached hydrogen (secondary N) is 1. The van der Waals surface area contributed by atoms with Gasteiger partial charge in [0, 0.05) is 12.1 Å². The van der Waals surface area contributed by atoms with Crippen molar-refractivity contribution in [1.82, 2.24) is 15.1 Å². The third-order valence-corrected chi connectivity index (χ3v) is 4.08. The number of nitrogen functional groups attached to an aromatic ring is 1. The van der Waals surface area contributed by atoms with Crippen LogP contribution in [0.25, 0.3) is 0 Å². The van der Waals surface area contributed by atoms with Crippen molar-refractivity contribution in [3.63, 3.8) is 0 Å². The van der Waals surface area contributed by atoms with Crippen LogP contribution < -0.4 is 5.73 Å². The molecule has 3 N–H and O–H groups in total. The van der Waals surface area contributed by atoms with Crippen LogP contribution in [0.5, 0.6) is 0 Å². The maximum atomic E-state index is 12.6. The Morgan fingerprint density at radius 1 is 1.47 bits per heavy atom. The molecule has 1 aliphatic rings. The zero-order chi connectivity index (χ0) is 14.0. The summed E-state index contributed by atoms with van der Waals surface area (Å²) >= 11 is 0. The number of anilines is 1. The Labute approximate surface area is 114 Å². The molecule has 0 radical (unpaired) electrons. The first-order valence-electron chi connectivity index (χ1n) is 7.25. The lowest BCUT2D eigenvalue weighted by Crippen LogP contribution is -2.40. The monoisotopic (exact) mass is 264 g/mol. The molecule has 1 aromatic rings. The van der Waals surface area contributed by atoms with Crippen molar-refractivity contribution in [1.29, 1.82) is 0 Å². The predicted molar refractivity (Wildman–Crippen MR) is 75.9 cm³/mol. The summed E-state index contributed by atoms with van der Waals surface area (Å²) in [6, 6.07) is 0.608. The molecule has 5 nitrogen and oxygen atoms in total. The Morgan fingerprint density at radius 3 is 2.84 bits per heavy atom. The molecular formula is C14H24N4O. The van der Waals surface area contributed by atoms with Gasteiger partial charge in [-0.15, -0.1) is 0 Å². The molecule has 1 fully saturated rings. The zero-order valence-corrected chi connectivity index (χ0v) is 12.1. The minimum Gasteiger partial charge on any atom is -0.395 e. The number of hydrogen-bond acceptors (Lipinski definition) is 3. The number of nitrogens with two attached hydrogens (primary N) is 1. The fraction of sp³-hybridized carbons (Fsp3) is 0.714. The number of aryl methyl sites for hydroxylation is 1. The number of aromatic nitrogens is 2. The molecule has 2 unspecified atom stereocenters. The van der Waals surface area contributed by atoms with Crippen LogP contribution in [0.4, 0.5) is 5.69 Å². The van der Waals surface area contributed by atoms with E-state index >= 15 is 0 Å². The van der Waals surface area contributed by atoms with Gasteiger partial charge < -0.3 is 10.6 Å². The molecule has 0 spiro atoms. The Morgan fingerprint density at radius 2 is 2.21 bits per heavy atom. The van der Waals surface area contributed by atoms with Crippen molar-refractivity contribution in [3.8, 4) is 0 Å². The third kappa shape index (κ3) is 2.46. The molecule has 1 aliphatic heterocycles. The molecule has 1 saturated heterocycles. The summed E-state index contributed by atoms with van der Waals surface area (Å²) in [6.07, 6.45) is 4.95. The highest BCUT2D eigenvalue weighted by Gasteiger charge is 2.35. The van der Waals surface area contributed by atoms with Crippen LogP contribution in [0.15, 0.2) is 0 Å². The second-order valence-corrected chi connectivity index (χ2v) is 5.42. The van der Waals surface area contributed by atoms with E-state index in [-0.39, 0.29) is 11.9 Å². The van der Waals surface area contributed by atoms with Crippen molar-refractivity contribution in [2.75, 3.05) is 5.73 Å². The van der Waals surface area contributed by atoms with Gasteiger partial charge in [-0.2, -0.15) is 5.10 Å². The first-order chi connectivity index (χ1) is 9.10. The second kappa shape index (κ2) is 5.63. The highest BCUT2D eigenvalue weighted by molar-refractivity contribution is 5.98. The summed E-state index contributed by atoms with van der Waals surface area (Å²) in [7, 11) is 0. The molecular weight excluding hydrogens is 240 g/mol. The van der Waals surface area contributed by atoms with Gasteiger partial charge in [0.1, 0.15) is 0 Å². The topological polar surface area (TPSA) is 75.0 Å². The normalized spacial score (nSPS) is 23.0. The second-order valence-electron chi connectivity index (χ2n) is 5.42. The van der Waals surface area contributed by atoms with Gasteiger partial charge in [-0.25, -0.2) is 0 Å². The summed E-state index contributed by atoms with van der Waals surface area (Å²) in [4.78, 5) is 14.6. The first kappa shape index (κ1) is 13.9. The van der Waals surface area contributed by atoms with Gasteiger partial charge >= 0.3 is 0 Å². The standard InChI is InChI=1S/C14H24N4O/c1-4-6-11-12(15)13(17-16-11)14(19)18-9(3)7-8-10(18)5-2/h9-10H,4-8,15H2,1-3H3,(H,16,17). The molecule has 0 saturated carbocycles. The Kier molecular flexibility index (Phi) is 4.12. The van der Waals surface area contributed by atoms with Crippen molar-refractivity contribution in [2.24, 2.45) is 0 Å². The van der Waals surface area contributed by atoms with Crippen molar-refractivity contribution in [2.45, 2.75) is 65.0 Å². The number of carbonyl (C=O) groups excluding carboxylic acids is 1. The van der Waals surface area contributed by atoms with E-state index in [0.29, 0.717) is 17.4 Å². The van der Waals surface area contributed by atoms with Gasteiger partial charge in [0.25, 0.3) is 5.91 Å². The van der Waals surface area contributed by atoms with E-state index in [2.05, 4.69) is 31.0 Å². The van der Waals surface area contributed by atoms with E-state index in [1.54, 1.807) is 0 Å². The first-order valence-corrected chi connectivity index (χ1v) is 7.25. The Hall–Kier alpha value is -1.52. The molecule has 0 aliphatic carbocycles. The van der Waals surface area contributed by atoms with Crippen LogP contribution in [0.1, 0.15) is 62.6 Å². The number of aromatic amines is 1. The summed E-state index contributed by atoms with van der Waals surface area (Å²) < 4.78 is 0. The minimum absolute atomic E-state index is 0.0204. The summed E-state index contributed by atoms with van der Waals surface area (Å²) in [5, 5.41) is 7.05. The number of H-pyrrole nitrogens is 1. The number of carbonyl (C=O) groups is 1. The molecule has 2 atom stereocenters. The lowest BCUT2D eigenvalue weighted by atomic mass is 10.1. The van der Waals surface area contributed by atoms with Crippen LogP contribution in [-0.2, 0) is 6.42 Å². The third-order valence-electron chi connectivity index (χ3n) is 4.08. The van der Waals surface area contributed by atoms with Crippen molar-refractivity contribution >= 4 is 11.6 Å². The minimum atomic E-state index is -0.0204. The molecule has 1 aromatic heterocycles. The van der Waals surface area contributed by atoms with E-state index in [1.165, 1.54) is 0 Å². The Balaban J connectivity index is 2.23. The lowest BCUT2D eigenvalue weighted by molar-refractivity contribution is 0.0671. The van der Waals surface area contributed by atoms with Gasteiger partial charge in [-0.1, -0.05) is 20.3 Å². The maximum Gasteiger partial charge on any atom is 0.277 e. The van der Waals surface area contributed by atoms with Gasteiger partial charge in [0.2, 0.25) is 0 Å². The SMILES string of the molecule is CCCc1[nH]nc(C(=O)N2C(C)CCC2CC)c1N. The lowest BCUT2D eigenvalue weighted by Gasteiger charge is -2.27. The van der Waals surface area contributed by atoms with Gasteiger partial charge in [0.15, 0.2) is 5.69 Å². The van der Waals surface area contributed by atoms with Gasteiger partial charge in [-0.05, 0) is 32.6 Å². The zero-order valence-electron chi connectivity index (χ0n) is 12.1. The van der Waals surface area contributed by atoms with Gasteiger partial charge in [0.05, 0.1) is 11.4 Å². The number of hydrogen-bond donors (Lipinski definition) is 2. The van der Waals surface area contributed by atoms with Crippen LogP contribution in [0, 0.1) is 0 Å². The average molecular weight is 264 g/mol. The quantitative estimate of drug-likeness (QED) is 0.876. The Bertz CT molecular complexity index is 454. The summed E-state index contributed by atoms with van der Waals surface area (Å²) in [5.74, 6) is -0.0204. The van der Waals surface area contributed by atoms with Crippen molar-refractivity contribution < 1.29 is 4.79 Å². The molecule has 2 heterocycles. The summed E-state index contributed by atoms with van der Waals surface area (Å²) in [6.45, 7) is 6.31. The van der Waals surface area contributed by atoms with E-state index in [0.717, 1.165) is 37.8 Å². The van der Waals surface area contributed by atoms with Crippen LogP contribution in [0.3, 0.4) is 0 Å². The van der Waals surface area contributed by atoms with E-state index in [9.17, 15) is 4.79 Å². The molecule has 0 bridgehead atoms. The maximum absolute atomic E-state index is 12.6. The smallest absolute Gasteiger partial charge is 0.277 e. The highest BCUT2D eigenvalue weighted by atomic mass is 16.2. The average Bonchev–Trinajstić information content (AvgIpc) is 2.94. The van der Waals surface area contributed by atoms with Gasteiger partial charge in [-0.3, -0.25) is 9.89 Å². The number of rotatable bonds is 4. The molecule has 19 heavy (non-hydrogen) atoms. The van der Waals surface area contributed by atoms with E-state index < -0.39 is 0 Å². The van der Waals surface area contributed by atoms with Crippen LogP contribution in [-0.4, -0.2) is 33.1 Å². The number of amides is 1. The fourth-order valence-corrected chi connectivity index (χ4v) is 2.95. The summed E-state index contributed by atoms with van der Waals surface area (Å²) in [5.41, 5.74) is 7.86. The van der Waals surface area contributed by atoms with Crippen molar-refractivity contribution in [3.05, 3.63) is 11.4 Å². The highest BCUT2D eigenvalue weighted by Crippen LogP contribution is 2.29. The molecule has 1 amide bonds. The van der Waals surface area contributed by atoms with E-state index in [1.807, 2.05) is 4.90 Å². The molecule has 106 valence electrons. The fourth-order valence-electron chi connectivity index (χ4n) is 2.95. The number of nitrogens with zero attached hydrogens (tertiary/aromatic N) is 2. The predicted octanol–water partition coefficient (Wildman–Crippen LogP) is 2.35. The number of likely N-dealkylation sites (tertiary alicyclic amines) is 1. The van der Waals surface area contributed by atoms with Crippen LogP contribution in [0.2, 0.25) is 0 Å². The molecule has 2 rings (SSSR count). The molecule has 0 aromatic carbocycles. The van der Waals surface area contributed by atoms with Crippen LogP contribution >= 0.6 is 0 Å². The van der Waals surface area contributed by atoms with E-state index in [4.69, 9.17) is 5.73 Å². The molecule has 5 heteroatoms. The largest absolute Gasteiger partial charge is 0.395 e.